The summed E-state index contributed by atoms with van der Waals surface area (Å²) in [5.41, 5.74) is 0. The molecule has 2 N–H and O–H groups in total. The lowest BCUT2D eigenvalue weighted by Crippen LogP contribution is -2.21. The number of aliphatic hydroxyl groups is 1. The Balaban J connectivity index is 2.63. The number of aromatic nitrogens is 2. The average molecular weight is 244 g/mol. The second kappa shape index (κ2) is 4.94. The van der Waals surface area contributed by atoms with Gasteiger partial charge in [0.25, 0.3) is 0 Å². The summed E-state index contributed by atoms with van der Waals surface area (Å²) in [5.74, 6) is 0.474. The molecule has 5 heteroatoms. The third kappa shape index (κ3) is 3.12. The second-order valence-corrected chi connectivity index (χ2v) is 3.31. The standard InChI is InChI=1S/C8H10BrN3O/c1-2-7(5-13)12-8-10-3-6(9)4-11-8/h2-4,7,13H,1,5H2,(H,10,11,12). The first-order valence-electron chi connectivity index (χ1n) is 3.73. The highest BCUT2D eigenvalue weighted by atomic mass is 79.9. The number of aliphatic hydroxyl groups excluding tert-OH is 1. The van der Waals surface area contributed by atoms with Crippen LogP contribution in [-0.2, 0) is 0 Å². The maximum Gasteiger partial charge on any atom is 0.223 e. The average Bonchev–Trinajstić information content (AvgIpc) is 2.17. The van der Waals surface area contributed by atoms with E-state index in [2.05, 4.69) is 37.8 Å². The van der Waals surface area contributed by atoms with Gasteiger partial charge in [0.15, 0.2) is 0 Å². The van der Waals surface area contributed by atoms with Crippen LogP contribution in [0.5, 0.6) is 0 Å². The first-order valence-corrected chi connectivity index (χ1v) is 4.53. The van der Waals surface area contributed by atoms with E-state index in [4.69, 9.17) is 5.11 Å². The Morgan fingerprint density at radius 3 is 2.69 bits per heavy atom. The van der Waals surface area contributed by atoms with E-state index in [1.807, 2.05) is 0 Å². The van der Waals surface area contributed by atoms with E-state index in [-0.39, 0.29) is 12.6 Å². The molecule has 0 aliphatic carbocycles. The molecule has 0 aliphatic rings. The van der Waals surface area contributed by atoms with Crippen molar-refractivity contribution in [2.75, 3.05) is 11.9 Å². The summed E-state index contributed by atoms with van der Waals surface area (Å²) in [6, 6.07) is -0.207. The van der Waals surface area contributed by atoms with Gasteiger partial charge in [-0.2, -0.15) is 0 Å². The van der Waals surface area contributed by atoms with Crippen molar-refractivity contribution in [2.45, 2.75) is 6.04 Å². The number of nitrogens with zero attached hydrogens (tertiary/aromatic N) is 2. The summed E-state index contributed by atoms with van der Waals surface area (Å²) in [5, 5.41) is 11.7. The minimum atomic E-state index is -0.207. The smallest absolute Gasteiger partial charge is 0.223 e. The first kappa shape index (κ1) is 10.1. The molecule has 1 heterocycles. The normalized spacial score (nSPS) is 12.2. The number of hydrogen-bond donors (Lipinski definition) is 2. The van der Waals surface area contributed by atoms with Gasteiger partial charge in [-0.1, -0.05) is 6.08 Å². The topological polar surface area (TPSA) is 58.0 Å². The van der Waals surface area contributed by atoms with Gasteiger partial charge in [0.05, 0.1) is 17.1 Å². The fourth-order valence-corrected chi connectivity index (χ4v) is 0.936. The molecular weight excluding hydrogens is 234 g/mol. The van der Waals surface area contributed by atoms with Gasteiger partial charge in [-0.3, -0.25) is 0 Å². The quantitative estimate of drug-likeness (QED) is 0.781. The third-order valence-corrected chi connectivity index (χ3v) is 1.83. The van der Waals surface area contributed by atoms with Gasteiger partial charge in [-0.05, 0) is 15.9 Å². The molecule has 0 fully saturated rings. The van der Waals surface area contributed by atoms with Crippen molar-refractivity contribution in [3.63, 3.8) is 0 Å². The first-order chi connectivity index (χ1) is 6.26. The van der Waals surface area contributed by atoms with E-state index in [0.717, 1.165) is 4.47 Å². The SMILES string of the molecule is C=CC(CO)Nc1ncc(Br)cn1. The van der Waals surface area contributed by atoms with E-state index in [9.17, 15) is 0 Å². The predicted octanol–water partition coefficient (Wildman–Crippen LogP) is 1.20. The number of nitrogens with one attached hydrogen (secondary N) is 1. The highest BCUT2D eigenvalue weighted by molar-refractivity contribution is 9.10. The van der Waals surface area contributed by atoms with Crippen molar-refractivity contribution >= 4 is 21.9 Å². The molecule has 1 rings (SSSR count). The monoisotopic (exact) mass is 243 g/mol. The molecule has 0 saturated carbocycles. The molecule has 0 aromatic carbocycles. The summed E-state index contributed by atoms with van der Waals surface area (Å²) >= 11 is 3.22. The molecule has 13 heavy (non-hydrogen) atoms. The molecule has 1 atom stereocenters. The van der Waals surface area contributed by atoms with Crippen molar-refractivity contribution in [1.82, 2.24) is 9.97 Å². The van der Waals surface area contributed by atoms with Crippen molar-refractivity contribution in [3.05, 3.63) is 29.5 Å². The van der Waals surface area contributed by atoms with Crippen LogP contribution in [0.1, 0.15) is 0 Å². The maximum atomic E-state index is 8.84. The zero-order valence-electron chi connectivity index (χ0n) is 6.94. The minimum Gasteiger partial charge on any atom is -0.394 e. The lowest BCUT2D eigenvalue weighted by atomic mass is 10.3. The van der Waals surface area contributed by atoms with Crippen molar-refractivity contribution < 1.29 is 5.11 Å². The van der Waals surface area contributed by atoms with Crippen LogP contribution >= 0.6 is 15.9 Å². The van der Waals surface area contributed by atoms with Crippen molar-refractivity contribution in [1.29, 1.82) is 0 Å². The largest absolute Gasteiger partial charge is 0.394 e. The van der Waals surface area contributed by atoms with Crippen LogP contribution < -0.4 is 5.32 Å². The molecule has 70 valence electrons. The van der Waals surface area contributed by atoms with E-state index < -0.39 is 0 Å². The van der Waals surface area contributed by atoms with Crippen molar-refractivity contribution in [2.24, 2.45) is 0 Å². The molecule has 0 saturated heterocycles. The van der Waals surface area contributed by atoms with Crippen LogP contribution in [0.3, 0.4) is 0 Å². The van der Waals surface area contributed by atoms with Crippen LogP contribution in [0.25, 0.3) is 0 Å². The molecule has 0 aliphatic heterocycles. The fraction of sp³-hybridized carbons (Fsp3) is 0.250. The van der Waals surface area contributed by atoms with Crippen LogP contribution in [0.4, 0.5) is 5.95 Å². The van der Waals surface area contributed by atoms with E-state index in [0.29, 0.717) is 5.95 Å². The lowest BCUT2D eigenvalue weighted by Gasteiger charge is -2.10. The van der Waals surface area contributed by atoms with E-state index in [1.54, 1.807) is 18.5 Å². The fourth-order valence-electron chi connectivity index (χ4n) is 0.732. The van der Waals surface area contributed by atoms with Gasteiger partial charge in [0.1, 0.15) is 0 Å². The van der Waals surface area contributed by atoms with Crippen LogP contribution in [-0.4, -0.2) is 27.7 Å². The van der Waals surface area contributed by atoms with Gasteiger partial charge in [-0.15, -0.1) is 6.58 Å². The summed E-state index contributed by atoms with van der Waals surface area (Å²) in [6.07, 6.45) is 4.87. The highest BCUT2D eigenvalue weighted by Crippen LogP contribution is 2.07. The molecular formula is C8H10BrN3O. The second-order valence-electron chi connectivity index (χ2n) is 2.39. The van der Waals surface area contributed by atoms with Crippen LogP contribution in [0.15, 0.2) is 29.5 Å². The summed E-state index contributed by atoms with van der Waals surface area (Å²) < 4.78 is 0.817. The van der Waals surface area contributed by atoms with Gasteiger partial charge in [0.2, 0.25) is 5.95 Å². The maximum absolute atomic E-state index is 8.84. The Morgan fingerprint density at radius 2 is 2.23 bits per heavy atom. The zero-order valence-corrected chi connectivity index (χ0v) is 8.53. The van der Waals surface area contributed by atoms with Gasteiger partial charge in [-0.25, -0.2) is 9.97 Å². The lowest BCUT2D eigenvalue weighted by molar-refractivity contribution is 0.290. The molecule has 0 bridgehead atoms. The predicted molar refractivity (Wildman–Crippen MR) is 54.4 cm³/mol. The number of halogens is 1. The molecule has 0 radical (unpaired) electrons. The Labute approximate surface area is 84.9 Å². The Morgan fingerprint density at radius 1 is 1.62 bits per heavy atom. The summed E-state index contributed by atoms with van der Waals surface area (Å²) in [4.78, 5) is 7.97. The van der Waals surface area contributed by atoms with Gasteiger partial charge < -0.3 is 10.4 Å². The highest BCUT2D eigenvalue weighted by Gasteiger charge is 2.02. The number of rotatable bonds is 4. The molecule has 1 aromatic heterocycles. The Kier molecular flexibility index (Phi) is 3.85. The molecule has 1 aromatic rings. The van der Waals surface area contributed by atoms with E-state index >= 15 is 0 Å². The molecule has 4 nitrogen and oxygen atoms in total. The van der Waals surface area contributed by atoms with E-state index in [1.165, 1.54) is 0 Å². The van der Waals surface area contributed by atoms with Crippen LogP contribution in [0, 0.1) is 0 Å². The number of hydrogen-bond acceptors (Lipinski definition) is 4. The molecule has 1 unspecified atom stereocenters. The Bertz CT molecular complexity index is 275. The summed E-state index contributed by atoms with van der Waals surface area (Å²) in [6.45, 7) is 3.53. The van der Waals surface area contributed by atoms with Gasteiger partial charge >= 0.3 is 0 Å². The zero-order chi connectivity index (χ0) is 9.68. The Hall–Kier alpha value is -0.940. The van der Waals surface area contributed by atoms with Gasteiger partial charge in [0, 0.05) is 12.4 Å². The third-order valence-electron chi connectivity index (χ3n) is 1.42. The van der Waals surface area contributed by atoms with Crippen molar-refractivity contribution in [3.8, 4) is 0 Å². The molecule has 0 amide bonds. The minimum absolute atomic E-state index is 0.0249. The molecule has 0 spiro atoms. The summed E-state index contributed by atoms with van der Waals surface area (Å²) in [7, 11) is 0. The van der Waals surface area contributed by atoms with Crippen LogP contribution in [0.2, 0.25) is 0 Å². The number of anilines is 1.